The van der Waals surface area contributed by atoms with E-state index in [0.29, 0.717) is 12.5 Å². The highest BCUT2D eigenvalue weighted by Gasteiger charge is 2.27. The Morgan fingerprint density at radius 2 is 2.25 bits per heavy atom. The molecule has 1 N–H and O–H groups in total. The number of rotatable bonds is 5. The number of hydrogen-bond donors (Lipinski definition) is 1. The molecule has 5 nitrogen and oxygen atoms in total. The van der Waals surface area contributed by atoms with Crippen molar-refractivity contribution >= 4 is 12.2 Å². The van der Waals surface area contributed by atoms with Crippen LogP contribution < -0.4 is 0 Å². The van der Waals surface area contributed by atoms with Crippen LogP contribution in [0.4, 0.5) is 0 Å². The largest absolute Gasteiger partial charge is 0.485 e. The summed E-state index contributed by atoms with van der Waals surface area (Å²) < 4.78 is 6.44. The zero-order valence-electron chi connectivity index (χ0n) is 16.2. The molecule has 4 rings (SSSR count). The molecule has 3 atom stereocenters. The molecule has 0 amide bonds. The first-order chi connectivity index (χ1) is 13.7. The molecule has 28 heavy (non-hydrogen) atoms. The van der Waals surface area contributed by atoms with Crippen LogP contribution in [-0.4, -0.2) is 47.9 Å². The maximum absolute atomic E-state index is 11.3. The number of hydrogen-bond acceptors (Lipinski definition) is 4. The first-order valence-corrected chi connectivity index (χ1v) is 10.3. The van der Waals surface area contributed by atoms with Crippen molar-refractivity contribution in [1.29, 1.82) is 0 Å². The molecule has 2 aliphatic heterocycles. The van der Waals surface area contributed by atoms with Crippen molar-refractivity contribution < 1.29 is 14.6 Å². The van der Waals surface area contributed by atoms with Gasteiger partial charge < -0.3 is 14.7 Å². The van der Waals surface area contributed by atoms with Crippen molar-refractivity contribution in [1.82, 2.24) is 4.90 Å². The molecule has 2 unspecified atom stereocenters. The fourth-order valence-corrected chi connectivity index (χ4v) is 4.43. The molecule has 1 fully saturated rings. The van der Waals surface area contributed by atoms with Gasteiger partial charge >= 0.3 is 5.97 Å². The highest BCUT2D eigenvalue weighted by atomic mass is 16.5. The van der Waals surface area contributed by atoms with Crippen LogP contribution in [0.3, 0.4) is 0 Å². The molecule has 148 valence electrons. The summed E-state index contributed by atoms with van der Waals surface area (Å²) in [6.07, 6.45) is 21.0. The molecule has 1 saturated heterocycles. The number of piperidine rings is 1. The number of aliphatic imine (C=N–C) groups is 1. The molecular formula is C23H28N2O3. The summed E-state index contributed by atoms with van der Waals surface area (Å²) in [6, 6.07) is 0. The van der Waals surface area contributed by atoms with Gasteiger partial charge in [-0.25, -0.2) is 0 Å². The van der Waals surface area contributed by atoms with Crippen LogP contribution in [0.5, 0.6) is 0 Å². The maximum atomic E-state index is 11.3. The molecule has 0 aromatic carbocycles. The summed E-state index contributed by atoms with van der Waals surface area (Å²) in [5, 5.41) is 9.27. The van der Waals surface area contributed by atoms with Gasteiger partial charge in [0.15, 0.2) is 0 Å². The quantitative estimate of drug-likeness (QED) is 0.786. The summed E-state index contributed by atoms with van der Waals surface area (Å²) in [7, 11) is 0. The van der Waals surface area contributed by atoms with E-state index in [2.05, 4.69) is 34.2 Å². The summed E-state index contributed by atoms with van der Waals surface area (Å²) in [6.45, 7) is 2.65. The Labute approximate surface area is 166 Å². The van der Waals surface area contributed by atoms with E-state index in [1.807, 2.05) is 24.6 Å². The van der Waals surface area contributed by atoms with Gasteiger partial charge in [-0.05, 0) is 51.3 Å². The Kier molecular flexibility index (Phi) is 5.91. The first kappa shape index (κ1) is 18.9. The molecule has 2 aliphatic carbocycles. The second-order valence-electron chi connectivity index (χ2n) is 7.96. The van der Waals surface area contributed by atoms with Gasteiger partial charge in [0.2, 0.25) is 0 Å². The Balaban J connectivity index is 1.37. The zero-order chi connectivity index (χ0) is 19.3. The van der Waals surface area contributed by atoms with Crippen LogP contribution in [-0.2, 0) is 9.53 Å². The number of aliphatic carboxylic acids is 1. The molecule has 0 bridgehead atoms. The lowest BCUT2D eigenvalue weighted by atomic mass is 9.89. The van der Waals surface area contributed by atoms with E-state index in [1.165, 1.54) is 0 Å². The molecule has 0 aromatic rings. The minimum absolute atomic E-state index is 0.0696. The minimum atomic E-state index is -0.655. The van der Waals surface area contributed by atoms with Crippen molar-refractivity contribution in [2.24, 2.45) is 16.8 Å². The minimum Gasteiger partial charge on any atom is -0.485 e. The predicted molar refractivity (Wildman–Crippen MR) is 110 cm³/mol. The number of carboxylic acid groups (broad SMARTS) is 1. The van der Waals surface area contributed by atoms with Crippen molar-refractivity contribution in [3.05, 3.63) is 59.6 Å². The Morgan fingerprint density at radius 3 is 3.14 bits per heavy atom. The lowest BCUT2D eigenvalue weighted by Crippen LogP contribution is -2.39. The van der Waals surface area contributed by atoms with Crippen molar-refractivity contribution in [3.63, 3.8) is 0 Å². The van der Waals surface area contributed by atoms with Crippen LogP contribution >= 0.6 is 0 Å². The molecule has 0 spiro atoms. The molecule has 0 radical (unpaired) electrons. The molecule has 4 aliphatic rings. The summed E-state index contributed by atoms with van der Waals surface area (Å²) in [5.74, 6) is 0.536. The third-order valence-electron chi connectivity index (χ3n) is 5.96. The van der Waals surface area contributed by atoms with Gasteiger partial charge in [-0.2, -0.15) is 0 Å². The number of nitrogens with zero attached hydrogens (tertiary/aromatic N) is 2. The Bertz CT molecular complexity index is 788. The maximum Gasteiger partial charge on any atom is 0.307 e. The fourth-order valence-electron chi connectivity index (χ4n) is 4.43. The zero-order valence-corrected chi connectivity index (χ0v) is 16.2. The fraction of sp³-hybridized carbons (Fsp3) is 0.478. The number of likely N-dealkylation sites (tertiary alicyclic amines) is 1. The lowest BCUT2D eigenvalue weighted by Gasteiger charge is -2.32. The highest BCUT2D eigenvalue weighted by molar-refractivity contribution is 5.84. The molecule has 0 saturated carbocycles. The number of carboxylic acids is 1. The number of ether oxygens (including phenoxy) is 1. The SMILES string of the molecule is O=C(O)C1CCCN(CCCC2CC=CC3=C2O[C@@H]2C=CC=C/C2=C/N=C\3)C1. The second-order valence-corrected chi connectivity index (χ2v) is 7.96. The van der Waals surface area contributed by atoms with Crippen molar-refractivity contribution in [2.45, 2.75) is 38.2 Å². The van der Waals surface area contributed by atoms with Crippen LogP contribution in [0.15, 0.2) is 64.6 Å². The molecular weight excluding hydrogens is 352 g/mol. The predicted octanol–water partition coefficient (Wildman–Crippen LogP) is 3.87. The molecule has 2 heterocycles. The topological polar surface area (TPSA) is 62.1 Å². The summed E-state index contributed by atoms with van der Waals surface area (Å²) in [4.78, 5) is 18.1. The van der Waals surface area contributed by atoms with Crippen LogP contribution in [0, 0.1) is 11.8 Å². The van der Waals surface area contributed by atoms with E-state index in [9.17, 15) is 9.90 Å². The van der Waals surface area contributed by atoms with Gasteiger partial charge in [0.25, 0.3) is 0 Å². The molecule has 5 heteroatoms. The Hall–Kier alpha value is -2.40. The van der Waals surface area contributed by atoms with E-state index >= 15 is 0 Å². The number of fused-ring (bicyclic) bond motifs is 1. The van der Waals surface area contributed by atoms with Crippen LogP contribution in [0.25, 0.3) is 0 Å². The first-order valence-electron chi connectivity index (χ1n) is 10.3. The second kappa shape index (κ2) is 8.74. The standard InChI is InChI=1S/C23H28N2O3/c26-23(27)20-10-5-13-25(16-20)12-4-9-17-7-3-8-19-15-24-14-18-6-1-2-11-21(18)28-22(17)19/h1-3,6,8,11,14-15,17,20-21H,4-5,7,9-10,12-13,16H2,(H,26,27)/b18-14-,24-15-/t17?,20?,21-/m1/s1. The van der Waals surface area contributed by atoms with E-state index in [-0.39, 0.29) is 12.0 Å². The summed E-state index contributed by atoms with van der Waals surface area (Å²) in [5.41, 5.74) is 2.14. The Morgan fingerprint density at radius 1 is 1.32 bits per heavy atom. The summed E-state index contributed by atoms with van der Waals surface area (Å²) >= 11 is 0. The third-order valence-corrected chi connectivity index (χ3v) is 5.96. The van der Waals surface area contributed by atoms with Gasteiger partial charge in [-0.15, -0.1) is 0 Å². The van der Waals surface area contributed by atoms with Crippen LogP contribution in [0.2, 0.25) is 0 Å². The normalized spacial score (nSPS) is 32.4. The number of carbonyl (C=O) groups is 1. The highest BCUT2D eigenvalue weighted by Crippen LogP contribution is 2.33. The lowest BCUT2D eigenvalue weighted by molar-refractivity contribution is -0.143. The van der Waals surface area contributed by atoms with E-state index in [0.717, 1.165) is 62.1 Å². The van der Waals surface area contributed by atoms with Crippen molar-refractivity contribution in [3.8, 4) is 0 Å². The van der Waals surface area contributed by atoms with Gasteiger partial charge in [-0.1, -0.05) is 30.4 Å². The smallest absolute Gasteiger partial charge is 0.307 e. The monoisotopic (exact) mass is 380 g/mol. The van der Waals surface area contributed by atoms with E-state index in [4.69, 9.17) is 4.74 Å². The van der Waals surface area contributed by atoms with Crippen LogP contribution in [0.1, 0.15) is 32.1 Å². The van der Waals surface area contributed by atoms with E-state index in [1.54, 1.807) is 0 Å². The average Bonchev–Trinajstić information content (AvgIpc) is 2.69. The van der Waals surface area contributed by atoms with Gasteiger partial charge in [0, 0.05) is 36.0 Å². The van der Waals surface area contributed by atoms with Gasteiger partial charge in [0.05, 0.1) is 5.92 Å². The molecule has 0 aromatic heterocycles. The number of allylic oxidation sites excluding steroid dienone is 6. The van der Waals surface area contributed by atoms with Gasteiger partial charge in [0.1, 0.15) is 11.9 Å². The van der Waals surface area contributed by atoms with Crippen molar-refractivity contribution in [2.75, 3.05) is 19.6 Å². The van der Waals surface area contributed by atoms with Gasteiger partial charge in [-0.3, -0.25) is 9.79 Å². The third kappa shape index (κ3) is 4.36. The average molecular weight is 380 g/mol. The van der Waals surface area contributed by atoms with E-state index < -0.39 is 5.97 Å².